The first-order chi connectivity index (χ1) is 14.9. The summed E-state index contributed by atoms with van der Waals surface area (Å²) in [5, 5.41) is 13.3. The number of carbonyl (C=O) groups excluding carboxylic acids is 2. The molecular weight excluding hydrogens is 288 g/mol. The summed E-state index contributed by atoms with van der Waals surface area (Å²) in [7, 11) is -3.28. The van der Waals surface area contributed by atoms with E-state index in [2.05, 4.69) is 10.1 Å². The maximum atomic E-state index is 11.7. The molecule has 0 bridgehead atoms. The van der Waals surface area contributed by atoms with Crippen LogP contribution in [-0.4, -0.2) is 34.9 Å². The summed E-state index contributed by atoms with van der Waals surface area (Å²) < 4.78 is 97.8. The highest BCUT2D eigenvalue weighted by Gasteiger charge is 2.35. The van der Waals surface area contributed by atoms with Crippen LogP contribution in [0, 0.1) is 22.0 Å². The van der Waals surface area contributed by atoms with Crippen LogP contribution >= 0.6 is 0 Å². The fourth-order valence-electron chi connectivity index (χ4n) is 1.37. The Labute approximate surface area is 150 Å². The average molecular weight is 329 g/mol. The first-order valence-corrected chi connectivity index (χ1v) is 6.14. The van der Waals surface area contributed by atoms with Gasteiger partial charge in [0.05, 0.1) is 17.1 Å². The molecule has 0 aliphatic carbocycles. The number of amides is 1. The quantitative estimate of drug-likeness (QED) is 0.484. The molecule has 0 aromatic heterocycles. The second kappa shape index (κ2) is 7.56. The molecule has 1 heterocycles. The van der Waals surface area contributed by atoms with E-state index in [4.69, 9.17) is 17.8 Å². The third kappa shape index (κ3) is 6.41. The van der Waals surface area contributed by atoms with Gasteiger partial charge >= 0.3 is 5.97 Å². The Kier molecular flexibility index (Phi) is 2.50. The normalized spacial score (nSPS) is 34.6. The molecule has 1 N–H and O–H groups in total. The zero-order chi connectivity index (χ0) is 28.8. The van der Waals surface area contributed by atoms with Crippen LogP contribution in [0.15, 0.2) is 0 Å². The number of esters is 1. The predicted molar refractivity (Wildman–Crippen MR) is 82.9 cm³/mol. The van der Waals surface area contributed by atoms with Crippen LogP contribution in [0.2, 0.25) is 0 Å². The Morgan fingerprint density at radius 3 is 2.68 bits per heavy atom. The van der Waals surface area contributed by atoms with Gasteiger partial charge in [-0.15, -0.1) is 0 Å². The maximum Gasteiger partial charge on any atom is 0.308 e. The number of methoxy groups -OCH3 is 1. The lowest BCUT2D eigenvalue weighted by molar-refractivity contribution is -0.562. The molecule has 0 aromatic carbocycles. The smallest absolute Gasteiger partial charge is 0.308 e. The number of rotatable bonds is 4. The van der Waals surface area contributed by atoms with Crippen LogP contribution in [0.5, 0.6) is 0 Å². The van der Waals surface area contributed by atoms with Crippen LogP contribution in [0.1, 0.15) is 72.0 Å². The summed E-state index contributed by atoms with van der Waals surface area (Å²) >= 11 is 0. The molecule has 7 heteroatoms. The molecule has 0 saturated carbocycles. The van der Waals surface area contributed by atoms with Crippen molar-refractivity contribution in [3.63, 3.8) is 0 Å². The second-order valence-corrected chi connectivity index (χ2v) is 5.51. The molecule has 0 aromatic rings. The van der Waals surface area contributed by atoms with Gasteiger partial charge in [-0.25, -0.2) is 0 Å². The molecule has 1 fully saturated rings. The van der Waals surface area contributed by atoms with Gasteiger partial charge in [-0.2, -0.15) is 0 Å². The number of nitrogens with zero attached hydrogens (tertiary/aromatic N) is 1. The molecule has 2 atom stereocenters. The monoisotopic (exact) mass is 329 g/mol. The summed E-state index contributed by atoms with van der Waals surface area (Å²) in [5.74, 6) is -6.81. The predicted octanol–water partition coefficient (Wildman–Crippen LogP) is 2.16. The molecule has 0 unspecified atom stereocenters. The SMILES string of the molecule is [2H]C([2H])([2H])OC(=O)[C@@H](C([2H])([2H])[2H])C([2H])([2H])C(C)(C)[N+](=O)[O-].[2H]C([2H])([2H])[C@@H]1C(=O)NC(C)(C)C1([2H])[2H]. The van der Waals surface area contributed by atoms with E-state index in [-0.39, 0.29) is 0 Å². The number of hydrogen-bond donors (Lipinski definition) is 1. The van der Waals surface area contributed by atoms with E-state index in [1.54, 1.807) is 0 Å². The van der Waals surface area contributed by atoms with Crippen molar-refractivity contribution in [2.24, 2.45) is 11.8 Å². The number of nitro groups is 1. The summed E-state index contributed by atoms with van der Waals surface area (Å²) in [6, 6.07) is 0. The Morgan fingerprint density at radius 1 is 1.73 bits per heavy atom. The molecule has 7 nitrogen and oxygen atoms in total. The second-order valence-electron chi connectivity index (χ2n) is 5.51. The van der Waals surface area contributed by atoms with E-state index in [0.29, 0.717) is 0 Å². The van der Waals surface area contributed by atoms with Crippen LogP contribution < -0.4 is 5.32 Å². The minimum absolute atomic E-state index is 0.736. The Hall–Kier alpha value is -1.66. The van der Waals surface area contributed by atoms with Crippen molar-refractivity contribution >= 4 is 11.9 Å². The minimum Gasteiger partial charge on any atom is -0.469 e. The first kappa shape index (κ1) is 7.27. The lowest BCUT2D eigenvalue weighted by Crippen LogP contribution is -2.35. The highest BCUT2D eigenvalue weighted by Crippen LogP contribution is 2.23. The van der Waals surface area contributed by atoms with Crippen molar-refractivity contribution in [2.75, 3.05) is 7.04 Å². The zero-order valence-electron chi connectivity index (χ0n) is 25.6. The molecule has 1 aliphatic heterocycles. The summed E-state index contributed by atoms with van der Waals surface area (Å²) in [6.07, 6.45) is -5.24. The summed E-state index contributed by atoms with van der Waals surface area (Å²) in [6.45, 7) is -1.35. The first-order valence-electron chi connectivity index (χ1n) is 12.6. The van der Waals surface area contributed by atoms with Gasteiger partial charge in [0.2, 0.25) is 11.4 Å². The van der Waals surface area contributed by atoms with Crippen LogP contribution in [0.25, 0.3) is 0 Å². The van der Waals surface area contributed by atoms with Gasteiger partial charge < -0.3 is 10.1 Å². The third-order valence-corrected chi connectivity index (χ3v) is 2.49. The molecule has 22 heavy (non-hydrogen) atoms. The van der Waals surface area contributed by atoms with E-state index in [0.717, 1.165) is 13.8 Å². The van der Waals surface area contributed by atoms with Gasteiger partial charge in [-0.3, -0.25) is 19.7 Å². The molecule has 1 saturated heterocycles. The number of nitrogens with one attached hydrogen (secondary N) is 1. The summed E-state index contributed by atoms with van der Waals surface area (Å²) in [5.41, 5.74) is -3.59. The van der Waals surface area contributed by atoms with Gasteiger partial charge in [-0.05, 0) is 20.2 Å². The molecule has 128 valence electrons. The molecule has 1 rings (SSSR count). The fourth-order valence-corrected chi connectivity index (χ4v) is 1.37. The Balaban J connectivity index is 0.000000712. The van der Waals surface area contributed by atoms with Crippen LogP contribution in [-0.2, 0) is 14.3 Å². The van der Waals surface area contributed by atoms with Crippen molar-refractivity contribution in [1.29, 1.82) is 0 Å². The van der Waals surface area contributed by atoms with Crippen LogP contribution in [0.4, 0.5) is 0 Å². The lowest BCUT2D eigenvalue weighted by Gasteiger charge is -2.18. The van der Waals surface area contributed by atoms with Crippen molar-refractivity contribution in [3.8, 4) is 0 Å². The molecule has 0 radical (unpaired) electrons. The number of hydrogen-bond acceptors (Lipinski definition) is 5. The van der Waals surface area contributed by atoms with Gasteiger partial charge in [0.25, 0.3) is 0 Å². The highest BCUT2D eigenvalue weighted by atomic mass is 16.6. The van der Waals surface area contributed by atoms with E-state index in [1.807, 2.05) is 0 Å². The van der Waals surface area contributed by atoms with Gasteiger partial charge in [-0.1, -0.05) is 13.7 Å². The molecular formula is C15H28N2O5. The standard InChI is InChI=1S/C8H15NO4.C7H13NO/c1-6(7(10)13-4)5-8(2,3)9(11)12;1-5-4-7(2,3)8-6(5)9/h6H,5H2,1-4H3;5H,4H2,1-3H3,(H,8,9)/t6-;5-/m00/s1/i1D3,4D3,5D2;1D3,4D2. The Bertz CT molecular complexity index is 831. The minimum atomic E-state index is -3.32. The van der Waals surface area contributed by atoms with E-state index >= 15 is 0 Å². The fraction of sp³-hybridized carbons (Fsp3) is 0.867. The van der Waals surface area contributed by atoms with Gasteiger partial charge in [0.1, 0.15) is 0 Å². The topological polar surface area (TPSA) is 98.5 Å². The average Bonchev–Trinajstić information content (AvgIpc) is 2.65. The zero-order valence-corrected chi connectivity index (χ0v) is 12.6. The van der Waals surface area contributed by atoms with Crippen molar-refractivity contribution in [3.05, 3.63) is 10.1 Å². The summed E-state index contributed by atoms with van der Waals surface area (Å²) in [4.78, 5) is 32.9. The van der Waals surface area contributed by atoms with E-state index < -0.39 is 73.2 Å². The van der Waals surface area contributed by atoms with Crippen molar-refractivity contribution < 1.29 is 37.1 Å². The van der Waals surface area contributed by atoms with Gasteiger partial charge in [0, 0.05) is 50.3 Å². The maximum absolute atomic E-state index is 11.7. The third-order valence-electron chi connectivity index (χ3n) is 2.49. The van der Waals surface area contributed by atoms with E-state index in [1.165, 1.54) is 13.8 Å². The Morgan fingerprint density at radius 2 is 2.36 bits per heavy atom. The highest BCUT2D eigenvalue weighted by molar-refractivity contribution is 5.81. The van der Waals surface area contributed by atoms with Gasteiger partial charge in [0.15, 0.2) is 0 Å². The van der Waals surface area contributed by atoms with E-state index in [9.17, 15) is 19.7 Å². The number of ether oxygens (including phenoxy) is 1. The van der Waals surface area contributed by atoms with Crippen molar-refractivity contribution in [1.82, 2.24) is 5.32 Å². The van der Waals surface area contributed by atoms with Crippen molar-refractivity contribution in [2.45, 2.75) is 65.2 Å². The molecule has 0 spiro atoms. The number of carbonyl (C=O) groups is 2. The van der Waals surface area contributed by atoms with Crippen LogP contribution in [0.3, 0.4) is 0 Å². The lowest BCUT2D eigenvalue weighted by atomic mass is 9.92. The molecule has 1 aliphatic rings. The largest absolute Gasteiger partial charge is 0.469 e. The molecule has 1 amide bonds.